The van der Waals surface area contributed by atoms with Crippen LogP contribution >= 0.6 is 11.6 Å². The summed E-state index contributed by atoms with van der Waals surface area (Å²) in [6.07, 6.45) is 3.03. The zero-order valence-corrected chi connectivity index (χ0v) is 7.82. The molecule has 14 heavy (non-hydrogen) atoms. The van der Waals surface area contributed by atoms with Crippen LogP contribution in [-0.2, 0) is 0 Å². The first-order valence-electron chi connectivity index (χ1n) is 3.95. The lowest BCUT2D eigenvalue weighted by Crippen LogP contribution is -1.97. The average molecular weight is 208 g/mol. The zero-order chi connectivity index (χ0) is 10.1. The molecular weight excluding hydrogens is 202 g/mol. The summed E-state index contributed by atoms with van der Waals surface area (Å²) in [6.45, 7) is 0. The Labute approximate surface area is 85.0 Å². The number of rotatable bonds is 1. The van der Waals surface area contributed by atoms with Crippen molar-refractivity contribution in [1.82, 2.24) is 4.98 Å². The van der Waals surface area contributed by atoms with Crippen LogP contribution in [0.15, 0.2) is 30.6 Å². The molecule has 4 heteroatoms. The Morgan fingerprint density at radius 2 is 2.14 bits per heavy atom. The molecular formula is C10H6ClNO2. The second-order valence-corrected chi connectivity index (χ2v) is 3.24. The second-order valence-electron chi connectivity index (χ2n) is 2.83. The molecule has 1 N–H and O–H groups in total. The summed E-state index contributed by atoms with van der Waals surface area (Å²) in [5.41, 5.74) is 0.204. The van der Waals surface area contributed by atoms with Crippen molar-refractivity contribution in [2.24, 2.45) is 0 Å². The normalized spacial score (nSPS) is 10.4. The Bertz CT molecular complexity index is 505. The van der Waals surface area contributed by atoms with Crippen molar-refractivity contribution >= 4 is 28.3 Å². The number of aromatic carboxylic acids is 1. The van der Waals surface area contributed by atoms with Gasteiger partial charge in [0.05, 0.1) is 10.6 Å². The van der Waals surface area contributed by atoms with Crippen LogP contribution in [-0.4, -0.2) is 16.1 Å². The van der Waals surface area contributed by atoms with Gasteiger partial charge in [-0.3, -0.25) is 4.98 Å². The third-order valence-corrected chi connectivity index (χ3v) is 2.25. The Hall–Kier alpha value is -1.61. The van der Waals surface area contributed by atoms with Gasteiger partial charge in [-0.2, -0.15) is 0 Å². The number of benzene rings is 1. The van der Waals surface area contributed by atoms with Gasteiger partial charge in [0.25, 0.3) is 0 Å². The molecule has 0 amide bonds. The highest BCUT2D eigenvalue weighted by atomic mass is 35.5. The van der Waals surface area contributed by atoms with Gasteiger partial charge >= 0.3 is 5.97 Å². The van der Waals surface area contributed by atoms with Crippen LogP contribution in [0, 0.1) is 0 Å². The maximum atomic E-state index is 10.9. The maximum absolute atomic E-state index is 10.9. The summed E-state index contributed by atoms with van der Waals surface area (Å²) in [7, 11) is 0. The summed E-state index contributed by atoms with van der Waals surface area (Å²) in [4.78, 5) is 14.8. The molecule has 0 aliphatic carbocycles. The monoisotopic (exact) mass is 207 g/mol. The van der Waals surface area contributed by atoms with Crippen molar-refractivity contribution in [3.05, 3.63) is 41.2 Å². The molecule has 0 aliphatic heterocycles. The van der Waals surface area contributed by atoms with Gasteiger partial charge in [-0.05, 0) is 6.07 Å². The smallest absolute Gasteiger partial charge is 0.336 e. The predicted octanol–water partition coefficient (Wildman–Crippen LogP) is 2.59. The lowest BCUT2D eigenvalue weighted by atomic mass is 10.1. The highest BCUT2D eigenvalue weighted by Gasteiger charge is 2.10. The van der Waals surface area contributed by atoms with E-state index in [4.69, 9.17) is 16.7 Å². The van der Waals surface area contributed by atoms with E-state index in [1.165, 1.54) is 12.3 Å². The molecule has 0 saturated heterocycles. The van der Waals surface area contributed by atoms with Crippen molar-refractivity contribution < 1.29 is 9.90 Å². The minimum absolute atomic E-state index is 0.204. The van der Waals surface area contributed by atoms with Gasteiger partial charge in [0.2, 0.25) is 0 Å². The van der Waals surface area contributed by atoms with E-state index in [1.54, 1.807) is 18.3 Å². The maximum Gasteiger partial charge on any atom is 0.336 e. The SMILES string of the molecule is O=C(O)c1cccc2cncc(Cl)c12. The fourth-order valence-electron chi connectivity index (χ4n) is 1.37. The molecule has 0 unspecified atom stereocenters. The predicted molar refractivity (Wildman–Crippen MR) is 53.7 cm³/mol. The van der Waals surface area contributed by atoms with E-state index in [-0.39, 0.29) is 5.56 Å². The van der Waals surface area contributed by atoms with Crippen LogP contribution in [0.2, 0.25) is 5.02 Å². The first kappa shape index (κ1) is 8.97. The molecule has 1 aromatic carbocycles. The molecule has 0 radical (unpaired) electrons. The van der Waals surface area contributed by atoms with Crippen molar-refractivity contribution in [2.75, 3.05) is 0 Å². The lowest BCUT2D eigenvalue weighted by molar-refractivity contribution is 0.0699. The Morgan fingerprint density at radius 3 is 2.86 bits per heavy atom. The fraction of sp³-hybridized carbons (Fsp3) is 0. The van der Waals surface area contributed by atoms with E-state index in [2.05, 4.69) is 4.98 Å². The molecule has 0 aliphatic rings. The summed E-state index contributed by atoms with van der Waals surface area (Å²) >= 11 is 5.88. The van der Waals surface area contributed by atoms with Crippen molar-refractivity contribution in [1.29, 1.82) is 0 Å². The van der Waals surface area contributed by atoms with Crippen LogP contribution < -0.4 is 0 Å². The number of carboxylic acid groups (broad SMARTS) is 1. The van der Waals surface area contributed by atoms with E-state index in [0.717, 1.165) is 5.39 Å². The summed E-state index contributed by atoms with van der Waals surface area (Å²) < 4.78 is 0. The first-order chi connectivity index (χ1) is 6.70. The van der Waals surface area contributed by atoms with E-state index < -0.39 is 5.97 Å². The Balaban J connectivity index is 2.91. The molecule has 1 heterocycles. The molecule has 3 nitrogen and oxygen atoms in total. The van der Waals surface area contributed by atoms with Crippen molar-refractivity contribution in [3.63, 3.8) is 0 Å². The molecule has 1 aromatic heterocycles. The zero-order valence-electron chi connectivity index (χ0n) is 7.07. The molecule has 0 fully saturated rings. The van der Waals surface area contributed by atoms with Crippen molar-refractivity contribution in [2.45, 2.75) is 0 Å². The van der Waals surface area contributed by atoms with Crippen LogP contribution in [0.1, 0.15) is 10.4 Å². The van der Waals surface area contributed by atoms with E-state index >= 15 is 0 Å². The van der Waals surface area contributed by atoms with Crippen molar-refractivity contribution in [3.8, 4) is 0 Å². The number of pyridine rings is 1. The number of carbonyl (C=O) groups is 1. The highest BCUT2D eigenvalue weighted by Crippen LogP contribution is 2.25. The van der Waals surface area contributed by atoms with Gasteiger partial charge < -0.3 is 5.11 Å². The number of carboxylic acids is 1. The number of aromatic nitrogens is 1. The second kappa shape index (κ2) is 3.27. The molecule has 0 spiro atoms. The standard InChI is InChI=1S/C10H6ClNO2/c11-8-5-12-4-6-2-1-3-7(9(6)8)10(13)14/h1-5H,(H,13,14). The number of nitrogens with zero attached hydrogens (tertiary/aromatic N) is 1. The molecule has 70 valence electrons. The quantitative estimate of drug-likeness (QED) is 0.782. The minimum atomic E-state index is -0.983. The molecule has 2 aromatic rings. The van der Waals surface area contributed by atoms with E-state index in [0.29, 0.717) is 10.4 Å². The Kier molecular flexibility index (Phi) is 2.09. The van der Waals surface area contributed by atoms with Gasteiger partial charge in [0.15, 0.2) is 0 Å². The highest BCUT2D eigenvalue weighted by molar-refractivity contribution is 6.36. The fourth-order valence-corrected chi connectivity index (χ4v) is 1.64. The summed E-state index contributed by atoms with van der Waals surface area (Å²) in [5, 5.41) is 10.6. The van der Waals surface area contributed by atoms with Gasteiger partial charge in [-0.15, -0.1) is 0 Å². The number of hydrogen-bond acceptors (Lipinski definition) is 2. The van der Waals surface area contributed by atoms with Gasteiger partial charge in [0, 0.05) is 23.2 Å². The minimum Gasteiger partial charge on any atom is -0.478 e. The molecule has 0 atom stereocenters. The van der Waals surface area contributed by atoms with E-state index in [9.17, 15) is 4.79 Å². The molecule has 0 bridgehead atoms. The van der Waals surface area contributed by atoms with E-state index in [1.807, 2.05) is 0 Å². The van der Waals surface area contributed by atoms with Crippen LogP contribution in [0.3, 0.4) is 0 Å². The first-order valence-corrected chi connectivity index (χ1v) is 4.33. The topological polar surface area (TPSA) is 50.2 Å². The number of halogens is 1. The third-order valence-electron chi connectivity index (χ3n) is 1.97. The number of hydrogen-bond donors (Lipinski definition) is 1. The van der Waals surface area contributed by atoms with Gasteiger partial charge in [-0.1, -0.05) is 23.7 Å². The lowest BCUT2D eigenvalue weighted by Gasteiger charge is -2.02. The van der Waals surface area contributed by atoms with Crippen LogP contribution in [0.4, 0.5) is 0 Å². The molecule has 2 rings (SSSR count). The Morgan fingerprint density at radius 1 is 1.36 bits per heavy atom. The van der Waals surface area contributed by atoms with Gasteiger partial charge in [-0.25, -0.2) is 4.79 Å². The van der Waals surface area contributed by atoms with Crippen LogP contribution in [0.25, 0.3) is 10.8 Å². The summed E-state index contributed by atoms with van der Waals surface area (Å²) in [6, 6.07) is 4.97. The number of fused-ring (bicyclic) bond motifs is 1. The van der Waals surface area contributed by atoms with Crippen LogP contribution in [0.5, 0.6) is 0 Å². The van der Waals surface area contributed by atoms with Gasteiger partial charge in [0.1, 0.15) is 0 Å². The summed E-state index contributed by atoms with van der Waals surface area (Å²) in [5.74, 6) is -0.983. The molecule has 0 saturated carbocycles. The largest absolute Gasteiger partial charge is 0.478 e. The average Bonchev–Trinajstić information content (AvgIpc) is 2.17. The third kappa shape index (κ3) is 1.32.